The molecule has 4 nitrogen and oxygen atoms in total. The van der Waals surface area contributed by atoms with Crippen LogP contribution in [-0.2, 0) is 15.7 Å². The van der Waals surface area contributed by atoms with Gasteiger partial charge in [0.1, 0.15) is 11.5 Å². The van der Waals surface area contributed by atoms with Crippen LogP contribution in [0.15, 0.2) is 42.5 Å². The molecule has 1 heterocycles. The lowest BCUT2D eigenvalue weighted by Crippen LogP contribution is -2.54. The second kappa shape index (κ2) is 5.83. The summed E-state index contributed by atoms with van der Waals surface area (Å²) in [7, 11) is 3.03. The summed E-state index contributed by atoms with van der Waals surface area (Å²) < 4.78 is 23.8. The first-order valence-corrected chi connectivity index (χ1v) is 8.25. The minimum Gasteiger partial charge on any atom is -0.496 e. The minimum absolute atomic E-state index is 0.0669. The van der Waals surface area contributed by atoms with Gasteiger partial charge in [0.05, 0.1) is 25.9 Å². The number of hydrogen-bond donors (Lipinski definition) is 0. The number of rotatable bonds is 3. The average Bonchev–Trinajstić information content (AvgIpc) is 2.60. The molecule has 2 atom stereocenters. The molecule has 124 valence electrons. The summed E-state index contributed by atoms with van der Waals surface area (Å²) in [5.41, 5.74) is 2.98. The number of benzene rings is 2. The zero-order valence-corrected chi connectivity index (χ0v) is 14.2. The van der Waals surface area contributed by atoms with Crippen LogP contribution in [0.4, 0.5) is 0 Å². The fourth-order valence-electron chi connectivity index (χ4n) is 3.87. The van der Waals surface area contributed by atoms with Crippen LogP contribution in [0, 0.1) is 0 Å². The molecule has 0 amide bonds. The van der Waals surface area contributed by atoms with E-state index in [-0.39, 0.29) is 18.8 Å². The highest BCUT2D eigenvalue weighted by Crippen LogP contribution is 2.49. The van der Waals surface area contributed by atoms with Gasteiger partial charge in [0.2, 0.25) is 0 Å². The van der Waals surface area contributed by atoms with Crippen LogP contribution in [0.5, 0.6) is 11.5 Å². The van der Waals surface area contributed by atoms with E-state index < -0.39 is 0 Å². The van der Waals surface area contributed by atoms with Crippen molar-refractivity contribution in [2.75, 3.05) is 14.2 Å². The Labute approximate surface area is 142 Å². The number of hydrogen-bond acceptors (Lipinski definition) is 4. The summed E-state index contributed by atoms with van der Waals surface area (Å²) in [5.74, 6) is 1.72. The van der Waals surface area contributed by atoms with Gasteiger partial charge < -0.3 is 18.8 Å². The maximum Gasteiger partial charge on any atom is 0.494 e. The van der Waals surface area contributed by atoms with Crippen LogP contribution in [0.3, 0.4) is 0 Å². The van der Waals surface area contributed by atoms with E-state index in [0.29, 0.717) is 0 Å². The Morgan fingerprint density at radius 3 is 2.46 bits per heavy atom. The summed E-state index contributed by atoms with van der Waals surface area (Å²) >= 11 is 0. The zero-order valence-electron chi connectivity index (χ0n) is 14.2. The topological polar surface area (TPSA) is 36.9 Å². The van der Waals surface area contributed by atoms with E-state index in [1.807, 2.05) is 42.5 Å². The molecule has 0 saturated carbocycles. The standard InChI is InChI=1S/C19H21BO4/c1-19-11-14-15(21-2)9-10-16(22-3)18(14)17(12-19)23-20(24-19)13-7-5-4-6-8-13/h4-10,17H,11-12H2,1-3H3/t17-,19-/m0/s1. The van der Waals surface area contributed by atoms with Crippen molar-refractivity contribution < 1.29 is 18.8 Å². The molecule has 0 N–H and O–H groups in total. The fraction of sp³-hybridized carbons (Fsp3) is 0.368. The summed E-state index contributed by atoms with van der Waals surface area (Å²) in [6.45, 7) is 2.15. The van der Waals surface area contributed by atoms with Crippen molar-refractivity contribution >= 4 is 12.6 Å². The molecular formula is C19H21BO4. The van der Waals surface area contributed by atoms with Crippen LogP contribution < -0.4 is 14.9 Å². The molecule has 2 aromatic carbocycles. The highest BCUT2D eigenvalue weighted by Gasteiger charge is 2.48. The Morgan fingerprint density at radius 1 is 1.04 bits per heavy atom. The van der Waals surface area contributed by atoms with Gasteiger partial charge in [0, 0.05) is 24.0 Å². The monoisotopic (exact) mass is 324 g/mol. The summed E-state index contributed by atoms with van der Waals surface area (Å²) in [6.07, 6.45) is 1.53. The summed E-state index contributed by atoms with van der Waals surface area (Å²) in [5, 5.41) is 0. The molecule has 0 spiro atoms. The van der Waals surface area contributed by atoms with Crippen LogP contribution >= 0.6 is 0 Å². The Bertz CT molecular complexity index is 749. The molecule has 5 heteroatoms. The third-order valence-corrected chi connectivity index (χ3v) is 4.95. The van der Waals surface area contributed by atoms with E-state index in [0.717, 1.165) is 40.9 Å². The third-order valence-electron chi connectivity index (χ3n) is 4.95. The van der Waals surface area contributed by atoms with Gasteiger partial charge in [-0.05, 0) is 24.5 Å². The normalized spacial score (nSPS) is 25.1. The van der Waals surface area contributed by atoms with Crippen molar-refractivity contribution in [2.45, 2.75) is 31.5 Å². The van der Waals surface area contributed by atoms with Crippen molar-refractivity contribution in [3.8, 4) is 11.5 Å². The van der Waals surface area contributed by atoms with Gasteiger partial charge in [-0.1, -0.05) is 30.3 Å². The Morgan fingerprint density at radius 2 is 1.75 bits per heavy atom. The van der Waals surface area contributed by atoms with Gasteiger partial charge >= 0.3 is 7.12 Å². The SMILES string of the molecule is COc1ccc(OC)c2c1C[C@@]1(C)C[C@@H]2OB(c2ccccc2)O1. The second-order valence-electron chi connectivity index (χ2n) is 6.68. The second-order valence-corrected chi connectivity index (χ2v) is 6.68. The van der Waals surface area contributed by atoms with E-state index >= 15 is 0 Å². The van der Waals surface area contributed by atoms with Crippen molar-refractivity contribution in [1.29, 1.82) is 0 Å². The van der Waals surface area contributed by atoms with Gasteiger partial charge in [-0.25, -0.2) is 0 Å². The molecule has 0 unspecified atom stereocenters. The maximum absolute atomic E-state index is 6.34. The lowest BCUT2D eigenvalue weighted by molar-refractivity contribution is -0.0534. The first kappa shape index (κ1) is 15.5. The predicted octanol–water partition coefficient (Wildman–Crippen LogP) is 2.89. The van der Waals surface area contributed by atoms with E-state index in [9.17, 15) is 0 Å². The summed E-state index contributed by atoms with van der Waals surface area (Å²) in [6, 6.07) is 14.0. The Hall–Kier alpha value is -1.98. The Kier molecular flexibility index (Phi) is 3.78. The smallest absolute Gasteiger partial charge is 0.494 e. The lowest BCUT2D eigenvalue weighted by Gasteiger charge is -2.47. The lowest BCUT2D eigenvalue weighted by atomic mass is 9.69. The van der Waals surface area contributed by atoms with E-state index in [1.165, 1.54) is 0 Å². The first-order chi connectivity index (χ1) is 11.6. The quantitative estimate of drug-likeness (QED) is 0.814. The van der Waals surface area contributed by atoms with Gasteiger partial charge in [0.25, 0.3) is 0 Å². The molecule has 2 bridgehead atoms. The molecule has 2 aromatic rings. The Balaban J connectivity index is 1.79. The van der Waals surface area contributed by atoms with Crippen LogP contribution in [-0.4, -0.2) is 26.9 Å². The van der Waals surface area contributed by atoms with Gasteiger partial charge in [0.15, 0.2) is 0 Å². The molecule has 1 aliphatic heterocycles. The number of fused-ring (bicyclic) bond motifs is 4. The molecule has 0 radical (unpaired) electrons. The maximum atomic E-state index is 6.34. The first-order valence-electron chi connectivity index (χ1n) is 8.25. The minimum atomic E-state index is -0.362. The molecular weight excluding hydrogens is 303 g/mol. The fourth-order valence-corrected chi connectivity index (χ4v) is 3.87. The van der Waals surface area contributed by atoms with Crippen molar-refractivity contribution in [3.63, 3.8) is 0 Å². The molecule has 24 heavy (non-hydrogen) atoms. The zero-order chi connectivity index (χ0) is 16.7. The molecule has 1 aliphatic carbocycles. The number of ether oxygens (including phenoxy) is 2. The van der Waals surface area contributed by atoms with E-state index in [2.05, 4.69) is 6.92 Å². The van der Waals surface area contributed by atoms with Gasteiger partial charge in [-0.2, -0.15) is 0 Å². The van der Waals surface area contributed by atoms with Gasteiger partial charge in [-0.15, -0.1) is 0 Å². The highest BCUT2D eigenvalue weighted by molar-refractivity contribution is 6.61. The van der Waals surface area contributed by atoms with E-state index in [4.69, 9.17) is 18.8 Å². The van der Waals surface area contributed by atoms with Crippen LogP contribution in [0.1, 0.15) is 30.6 Å². The van der Waals surface area contributed by atoms with Crippen molar-refractivity contribution in [1.82, 2.24) is 0 Å². The number of methoxy groups -OCH3 is 2. The molecule has 1 fully saturated rings. The third kappa shape index (κ3) is 2.48. The van der Waals surface area contributed by atoms with Crippen LogP contribution in [0.2, 0.25) is 0 Å². The van der Waals surface area contributed by atoms with Crippen molar-refractivity contribution in [3.05, 3.63) is 53.6 Å². The summed E-state index contributed by atoms with van der Waals surface area (Å²) in [4.78, 5) is 0. The largest absolute Gasteiger partial charge is 0.496 e. The molecule has 2 aliphatic rings. The molecule has 0 aromatic heterocycles. The van der Waals surface area contributed by atoms with Crippen LogP contribution in [0.25, 0.3) is 0 Å². The predicted molar refractivity (Wildman–Crippen MR) is 93.0 cm³/mol. The van der Waals surface area contributed by atoms with Gasteiger partial charge in [-0.3, -0.25) is 0 Å². The van der Waals surface area contributed by atoms with Crippen molar-refractivity contribution in [2.24, 2.45) is 0 Å². The molecule has 4 rings (SSSR count). The van der Waals surface area contributed by atoms with E-state index in [1.54, 1.807) is 14.2 Å². The average molecular weight is 324 g/mol. The highest BCUT2D eigenvalue weighted by atomic mass is 16.6. The molecule has 1 saturated heterocycles.